The fourth-order valence-electron chi connectivity index (χ4n) is 2.51. The van der Waals surface area contributed by atoms with Gasteiger partial charge in [-0.2, -0.15) is 0 Å². The van der Waals surface area contributed by atoms with E-state index in [0.29, 0.717) is 25.9 Å². The number of halogens is 2. The molecular weight excluding hydrogens is 413 g/mol. The highest BCUT2D eigenvalue weighted by molar-refractivity contribution is 5.89. The van der Waals surface area contributed by atoms with Crippen LogP contribution in [0.3, 0.4) is 0 Å². The smallest absolute Gasteiger partial charge is 0.242 e. The van der Waals surface area contributed by atoms with Crippen LogP contribution in [0.25, 0.3) is 0 Å². The molecule has 2 rings (SSSR count). The van der Waals surface area contributed by atoms with Crippen LogP contribution in [-0.4, -0.2) is 28.9 Å². The molecule has 2 aromatic rings. The molecule has 0 aliphatic heterocycles. The zero-order valence-electron chi connectivity index (χ0n) is 16.3. The third-order valence-corrected chi connectivity index (χ3v) is 4.24. The van der Waals surface area contributed by atoms with Gasteiger partial charge >= 0.3 is 0 Å². The summed E-state index contributed by atoms with van der Waals surface area (Å²) in [7, 11) is 0. The van der Waals surface area contributed by atoms with Crippen molar-refractivity contribution < 1.29 is 9.59 Å². The second-order valence-electron chi connectivity index (χ2n) is 6.44. The Kier molecular flexibility index (Phi) is 12.8. The summed E-state index contributed by atoms with van der Waals surface area (Å²) in [5.41, 5.74) is 14.2. The van der Waals surface area contributed by atoms with Crippen LogP contribution in [0.15, 0.2) is 48.7 Å². The van der Waals surface area contributed by atoms with Gasteiger partial charge in [0.2, 0.25) is 11.8 Å². The van der Waals surface area contributed by atoms with Gasteiger partial charge in [0, 0.05) is 19.3 Å². The van der Waals surface area contributed by atoms with Gasteiger partial charge in [0.1, 0.15) is 6.04 Å². The van der Waals surface area contributed by atoms with Crippen molar-refractivity contribution in [3.05, 3.63) is 65.5 Å². The molecule has 0 unspecified atom stereocenters. The SMILES string of the molecule is C[C@H](NC(=O)[C@H](N)CCc1ccccc1)C(=O)NCc1ccc(CN)nc1.Cl.Cl. The van der Waals surface area contributed by atoms with Gasteiger partial charge in [-0.15, -0.1) is 24.8 Å². The molecule has 0 saturated heterocycles. The van der Waals surface area contributed by atoms with Crippen LogP contribution in [0.2, 0.25) is 0 Å². The number of pyridine rings is 1. The summed E-state index contributed by atoms with van der Waals surface area (Å²) in [5, 5.41) is 5.43. The Morgan fingerprint density at radius 1 is 1.03 bits per heavy atom. The summed E-state index contributed by atoms with van der Waals surface area (Å²) in [5.74, 6) is -0.607. The highest BCUT2D eigenvalue weighted by Crippen LogP contribution is 2.04. The molecule has 0 spiro atoms. The standard InChI is InChI=1S/C20H27N5O2.2ClH/c1-14(19(26)24-13-16-7-9-17(11-21)23-12-16)25-20(27)18(22)10-8-15-5-3-2-4-6-15;;/h2-7,9,12,14,18H,8,10-11,13,21-22H2,1H3,(H,24,26)(H,25,27);2*1H/t14-,18+;;/m0../s1. The lowest BCUT2D eigenvalue weighted by Gasteiger charge is -2.17. The van der Waals surface area contributed by atoms with Gasteiger partial charge in [0.25, 0.3) is 0 Å². The maximum Gasteiger partial charge on any atom is 0.242 e. The number of aromatic nitrogens is 1. The molecule has 7 nitrogen and oxygen atoms in total. The molecule has 0 radical (unpaired) electrons. The number of hydrogen-bond acceptors (Lipinski definition) is 5. The molecule has 6 N–H and O–H groups in total. The first-order valence-corrected chi connectivity index (χ1v) is 9.01. The summed E-state index contributed by atoms with van der Waals surface area (Å²) >= 11 is 0. The molecular formula is C20H29Cl2N5O2. The summed E-state index contributed by atoms with van der Waals surface area (Å²) in [4.78, 5) is 28.5. The molecule has 9 heteroatoms. The Balaban J connectivity index is 0.00000392. The van der Waals surface area contributed by atoms with Gasteiger partial charge < -0.3 is 22.1 Å². The lowest BCUT2D eigenvalue weighted by atomic mass is 10.1. The normalized spacial score (nSPS) is 12.0. The van der Waals surface area contributed by atoms with Gasteiger partial charge in [-0.3, -0.25) is 14.6 Å². The molecule has 1 aromatic heterocycles. The van der Waals surface area contributed by atoms with Crippen LogP contribution in [0.4, 0.5) is 0 Å². The molecule has 0 aliphatic carbocycles. The van der Waals surface area contributed by atoms with E-state index < -0.39 is 12.1 Å². The van der Waals surface area contributed by atoms with Gasteiger partial charge in [-0.25, -0.2) is 0 Å². The minimum Gasteiger partial charge on any atom is -0.350 e. The molecule has 29 heavy (non-hydrogen) atoms. The maximum absolute atomic E-state index is 12.2. The van der Waals surface area contributed by atoms with E-state index in [4.69, 9.17) is 11.5 Å². The lowest BCUT2D eigenvalue weighted by Crippen LogP contribution is -2.50. The number of hydrogen-bond donors (Lipinski definition) is 4. The predicted molar refractivity (Wildman–Crippen MR) is 119 cm³/mol. The third-order valence-electron chi connectivity index (χ3n) is 4.24. The van der Waals surface area contributed by atoms with Crippen molar-refractivity contribution in [3.63, 3.8) is 0 Å². The molecule has 0 fully saturated rings. The fraction of sp³-hybridized carbons (Fsp3) is 0.350. The maximum atomic E-state index is 12.2. The molecule has 0 aliphatic rings. The minimum absolute atomic E-state index is 0. The van der Waals surface area contributed by atoms with Crippen molar-refractivity contribution in [3.8, 4) is 0 Å². The van der Waals surface area contributed by atoms with E-state index >= 15 is 0 Å². The summed E-state index contributed by atoms with van der Waals surface area (Å²) in [6.45, 7) is 2.34. The van der Waals surface area contributed by atoms with Crippen LogP contribution >= 0.6 is 24.8 Å². The summed E-state index contributed by atoms with van der Waals surface area (Å²) in [6.07, 6.45) is 2.90. The Morgan fingerprint density at radius 2 is 1.72 bits per heavy atom. The van der Waals surface area contributed by atoms with Gasteiger partial charge in [0.15, 0.2) is 0 Å². The molecule has 0 bridgehead atoms. The number of carbonyl (C=O) groups excluding carboxylic acids is 2. The van der Waals surface area contributed by atoms with Gasteiger partial charge in [-0.1, -0.05) is 36.4 Å². The Labute approximate surface area is 183 Å². The molecule has 1 aromatic carbocycles. The highest BCUT2D eigenvalue weighted by atomic mass is 35.5. The van der Waals surface area contributed by atoms with E-state index in [1.165, 1.54) is 0 Å². The topological polar surface area (TPSA) is 123 Å². The average Bonchev–Trinajstić information content (AvgIpc) is 2.71. The van der Waals surface area contributed by atoms with Crippen LogP contribution < -0.4 is 22.1 Å². The Bertz CT molecular complexity index is 744. The van der Waals surface area contributed by atoms with Crippen molar-refractivity contribution in [1.29, 1.82) is 0 Å². The van der Waals surface area contributed by atoms with Crippen LogP contribution in [-0.2, 0) is 29.1 Å². The Morgan fingerprint density at radius 3 is 2.31 bits per heavy atom. The monoisotopic (exact) mass is 441 g/mol. The number of amides is 2. The minimum atomic E-state index is -0.670. The van der Waals surface area contributed by atoms with Gasteiger partial charge in [-0.05, 0) is 37.0 Å². The fourth-order valence-corrected chi connectivity index (χ4v) is 2.51. The van der Waals surface area contributed by atoms with E-state index in [1.807, 2.05) is 42.5 Å². The van der Waals surface area contributed by atoms with Crippen molar-refractivity contribution in [2.75, 3.05) is 0 Å². The summed E-state index contributed by atoms with van der Waals surface area (Å²) < 4.78 is 0. The quantitative estimate of drug-likeness (QED) is 0.468. The number of aryl methyl sites for hydroxylation is 1. The van der Waals surface area contributed by atoms with Crippen LogP contribution in [0, 0.1) is 0 Å². The largest absolute Gasteiger partial charge is 0.350 e. The number of carbonyl (C=O) groups is 2. The highest BCUT2D eigenvalue weighted by Gasteiger charge is 2.19. The summed E-state index contributed by atoms with van der Waals surface area (Å²) in [6, 6.07) is 12.2. The number of nitrogens with zero attached hydrogens (tertiary/aromatic N) is 1. The molecule has 2 atom stereocenters. The number of rotatable bonds is 9. The second-order valence-corrected chi connectivity index (χ2v) is 6.44. The first kappa shape index (κ1) is 26.8. The molecule has 160 valence electrons. The second kappa shape index (κ2) is 13.9. The molecule has 0 saturated carbocycles. The Hall–Kier alpha value is -2.19. The molecule has 1 heterocycles. The number of nitrogens with two attached hydrogens (primary N) is 2. The van der Waals surface area contributed by atoms with Crippen molar-refractivity contribution in [2.45, 2.75) is 44.9 Å². The third kappa shape index (κ3) is 9.23. The van der Waals surface area contributed by atoms with Crippen LogP contribution in [0.5, 0.6) is 0 Å². The zero-order valence-corrected chi connectivity index (χ0v) is 18.0. The van der Waals surface area contributed by atoms with Crippen LogP contribution in [0.1, 0.15) is 30.2 Å². The molecule has 2 amide bonds. The van der Waals surface area contributed by atoms with E-state index in [9.17, 15) is 9.59 Å². The van der Waals surface area contributed by atoms with Crippen molar-refractivity contribution >= 4 is 36.6 Å². The van der Waals surface area contributed by atoms with E-state index in [-0.39, 0.29) is 36.6 Å². The predicted octanol–water partition coefficient (Wildman–Crippen LogP) is 1.46. The van der Waals surface area contributed by atoms with E-state index in [0.717, 1.165) is 16.8 Å². The first-order valence-electron chi connectivity index (χ1n) is 9.01. The van der Waals surface area contributed by atoms with E-state index in [2.05, 4.69) is 15.6 Å². The zero-order chi connectivity index (χ0) is 19.6. The van der Waals surface area contributed by atoms with Gasteiger partial charge in [0.05, 0.1) is 11.7 Å². The van der Waals surface area contributed by atoms with Crippen molar-refractivity contribution in [1.82, 2.24) is 15.6 Å². The van der Waals surface area contributed by atoms with E-state index in [1.54, 1.807) is 13.1 Å². The number of benzene rings is 1. The lowest BCUT2D eigenvalue weighted by molar-refractivity contribution is -0.129. The first-order chi connectivity index (χ1) is 13.0. The van der Waals surface area contributed by atoms with Crippen molar-refractivity contribution in [2.24, 2.45) is 11.5 Å². The average molecular weight is 442 g/mol. The number of nitrogens with one attached hydrogen (secondary N) is 2.